The molecule has 0 N–H and O–H groups in total. The molecule has 0 aliphatic heterocycles. The fourth-order valence-corrected chi connectivity index (χ4v) is 8.17. The number of aromatic nitrogens is 1. The Morgan fingerprint density at radius 3 is 1.57 bits per heavy atom. The van der Waals surface area contributed by atoms with Crippen molar-refractivity contribution in [1.82, 2.24) is 4.98 Å². The lowest BCUT2D eigenvalue weighted by Gasteiger charge is -2.20. The van der Waals surface area contributed by atoms with E-state index < -0.39 is 0 Å². The number of hydrogen-bond donors (Lipinski definition) is 0. The van der Waals surface area contributed by atoms with Crippen LogP contribution in [0.2, 0.25) is 0 Å². The minimum absolute atomic E-state index is 1.02. The van der Waals surface area contributed by atoms with Gasteiger partial charge in [0, 0.05) is 16.6 Å². The molecule has 0 saturated carbocycles. The SMILES string of the molecule is Cc1cc2cc(-c3cc4c5c(cccc5c3)-c3c-4c(-c4ccccc4)c4ccccc4c3-c3ccccc3)ccc2c(-c2ccccc2)n1. The maximum atomic E-state index is 4.97. The van der Waals surface area contributed by atoms with E-state index in [0.29, 0.717) is 0 Å². The molecule has 0 saturated heterocycles. The van der Waals surface area contributed by atoms with Gasteiger partial charge in [0.1, 0.15) is 0 Å². The monoisotopic (exact) mass is 621 g/mol. The summed E-state index contributed by atoms with van der Waals surface area (Å²) in [6.07, 6.45) is 0. The van der Waals surface area contributed by atoms with E-state index in [1.54, 1.807) is 0 Å². The predicted octanol–water partition coefficient (Wildman–Crippen LogP) is 13.2. The molecular weight excluding hydrogens is 591 g/mol. The van der Waals surface area contributed by atoms with E-state index in [9.17, 15) is 0 Å². The Morgan fingerprint density at radius 1 is 0.347 bits per heavy atom. The number of aryl methyl sites for hydroxylation is 1. The molecule has 1 nitrogen and oxygen atoms in total. The summed E-state index contributed by atoms with van der Waals surface area (Å²) in [5.74, 6) is 0. The highest BCUT2D eigenvalue weighted by Gasteiger charge is 2.31. The molecule has 0 unspecified atom stereocenters. The fourth-order valence-electron chi connectivity index (χ4n) is 8.17. The van der Waals surface area contributed by atoms with Crippen molar-refractivity contribution in [1.29, 1.82) is 0 Å². The molecule has 1 aliphatic carbocycles. The number of hydrogen-bond acceptors (Lipinski definition) is 1. The normalized spacial score (nSPS) is 11.8. The van der Waals surface area contributed by atoms with Gasteiger partial charge in [0.15, 0.2) is 0 Å². The van der Waals surface area contributed by atoms with Crippen LogP contribution in [0.1, 0.15) is 5.69 Å². The second kappa shape index (κ2) is 10.9. The van der Waals surface area contributed by atoms with Crippen LogP contribution in [-0.2, 0) is 0 Å². The van der Waals surface area contributed by atoms with Crippen molar-refractivity contribution in [3.05, 3.63) is 176 Å². The van der Waals surface area contributed by atoms with Crippen LogP contribution in [-0.4, -0.2) is 4.98 Å². The minimum Gasteiger partial charge on any atom is -0.252 e. The molecule has 8 aromatic carbocycles. The maximum absolute atomic E-state index is 4.97. The summed E-state index contributed by atoms with van der Waals surface area (Å²) in [5, 5.41) is 7.53. The molecule has 10 rings (SSSR count). The molecule has 0 fully saturated rings. The van der Waals surface area contributed by atoms with Crippen LogP contribution >= 0.6 is 0 Å². The molecule has 1 heterocycles. The summed E-state index contributed by atoms with van der Waals surface area (Å²) in [5.41, 5.74) is 16.0. The fraction of sp³-hybridized carbons (Fsp3) is 0.0208. The molecule has 9 aromatic rings. The third-order valence-corrected chi connectivity index (χ3v) is 10.2. The zero-order valence-electron chi connectivity index (χ0n) is 27.1. The molecule has 1 aliphatic rings. The summed E-state index contributed by atoms with van der Waals surface area (Å²) >= 11 is 0. The van der Waals surface area contributed by atoms with E-state index in [2.05, 4.69) is 177 Å². The summed E-state index contributed by atoms with van der Waals surface area (Å²) < 4.78 is 0. The zero-order valence-corrected chi connectivity index (χ0v) is 27.1. The van der Waals surface area contributed by atoms with E-state index in [-0.39, 0.29) is 0 Å². The Morgan fingerprint density at radius 2 is 0.918 bits per heavy atom. The van der Waals surface area contributed by atoms with E-state index >= 15 is 0 Å². The smallest absolute Gasteiger partial charge is 0.0783 e. The first kappa shape index (κ1) is 27.8. The highest BCUT2D eigenvalue weighted by molar-refractivity contribution is 6.28. The van der Waals surface area contributed by atoms with Crippen LogP contribution in [0.25, 0.3) is 99.2 Å². The summed E-state index contributed by atoms with van der Waals surface area (Å²) in [7, 11) is 0. The first-order chi connectivity index (χ1) is 24.2. The molecule has 0 amide bonds. The van der Waals surface area contributed by atoms with Crippen molar-refractivity contribution >= 4 is 32.3 Å². The van der Waals surface area contributed by atoms with Gasteiger partial charge < -0.3 is 0 Å². The van der Waals surface area contributed by atoms with Gasteiger partial charge in [-0.25, -0.2) is 0 Å². The Labute approximate surface area is 285 Å². The van der Waals surface area contributed by atoms with Gasteiger partial charge in [0.05, 0.1) is 5.69 Å². The lowest BCUT2D eigenvalue weighted by Crippen LogP contribution is -1.93. The number of nitrogens with zero attached hydrogens (tertiary/aromatic N) is 1. The first-order valence-electron chi connectivity index (χ1n) is 17.0. The molecule has 0 bridgehead atoms. The Balaban J connectivity index is 1.28. The van der Waals surface area contributed by atoms with Gasteiger partial charge in [-0.2, -0.15) is 0 Å². The Bertz CT molecular complexity index is 2740. The summed E-state index contributed by atoms with van der Waals surface area (Å²) in [6, 6.07) is 62.1. The van der Waals surface area contributed by atoms with E-state index in [1.807, 2.05) is 0 Å². The van der Waals surface area contributed by atoms with Crippen LogP contribution < -0.4 is 0 Å². The lowest BCUT2D eigenvalue weighted by atomic mass is 9.82. The second-order valence-corrected chi connectivity index (χ2v) is 13.1. The standard InChI is InChI=1S/C48H31N/c1-30-26-37-27-34(24-25-38(37)48(49-30)33-18-9-4-10-19-33)36-28-35-20-13-23-41-43(35)42(29-36)47-45(32-16-7-3-8-17-32)40-22-12-11-21-39(40)44(46(41)47)31-14-5-2-6-15-31/h2-29H,1H3. The number of rotatable bonds is 4. The molecule has 0 spiro atoms. The minimum atomic E-state index is 1.02. The highest BCUT2D eigenvalue weighted by atomic mass is 14.7. The van der Waals surface area contributed by atoms with Gasteiger partial charge in [-0.3, -0.25) is 4.98 Å². The second-order valence-electron chi connectivity index (χ2n) is 13.1. The topological polar surface area (TPSA) is 12.9 Å². The van der Waals surface area contributed by atoms with Crippen molar-refractivity contribution in [3.63, 3.8) is 0 Å². The highest BCUT2D eigenvalue weighted by Crippen LogP contribution is 2.58. The van der Waals surface area contributed by atoms with E-state index in [0.717, 1.165) is 17.0 Å². The summed E-state index contributed by atoms with van der Waals surface area (Å²) in [6.45, 7) is 2.09. The van der Waals surface area contributed by atoms with Gasteiger partial charge in [-0.05, 0) is 114 Å². The van der Waals surface area contributed by atoms with Crippen molar-refractivity contribution in [2.75, 3.05) is 0 Å². The molecular formula is C48H31N. The molecule has 0 radical (unpaired) electrons. The Hall–Kier alpha value is -6.31. The number of pyridine rings is 1. The quantitative estimate of drug-likeness (QED) is 0.191. The molecule has 1 heteroatoms. The van der Waals surface area contributed by atoms with Gasteiger partial charge in [0.25, 0.3) is 0 Å². The first-order valence-corrected chi connectivity index (χ1v) is 17.0. The van der Waals surface area contributed by atoms with Crippen molar-refractivity contribution in [2.24, 2.45) is 0 Å². The third-order valence-electron chi connectivity index (χ3n) is 10.2. The van der Waals surface area contributed by atoms with Gasteiger partial charge in [0.2, 0.25) is 0 Å². The zero-order chi connectivity index (χ0) is 32.5. The molecule has 49 heavy (non-hydrogen) atoms. The van der Waals surface area contributed by atoms with Gasteiger partial charge in [-0.15, -0.1) is 0 Å². The average Bonchev–Trinajstić information content (AvgIpc) is 3.48. The maximum Gasteiger partial charge on any atom is 0.0783 e. The average molecular weight is 622 g/mol. The Kier molecular flexibility index (Phi) is 6.16. The summed E-state index contributed by atoms with van der Waals surface area (Å²) in [4.78, 5) is 4.97. The molecule has 0 atom stereocenters. The van der Waals surface area contributed by atoms with E-state index in [4.69, 9.17) is 4.98 Å². The lowest BCUT2D eigenvalue weighted by molar-refractivity contribution is 1.23. The van der Waals surface area contributed by atoms with Crippen LogP contribution in [0.15, 0.2) is 170 Å². The van der Waals surface area contributed by atoms with Crippen LogP contribution in [0.3, 0.4) is 0 Å². The van der Waals surface area contributed by atoms with E-state index in [1.165, 1.54) is 88.0 Å². The molecule has 1 aromatic heterocycles. The number of benzene rings is 8. The predicted molar refractivity (Wildman–Crippen MR) is 208 cm³/mol. The van der Waals surface area contributed by atoms with Crippen molar-refractivity contribution in [2.45, 2.75) is 6.92 Å². The number of fused-ring (bicyclic) bond motifs is 5. The van der Waals surface area contributed by atoms with Gasteiger partial charge >= 0.3 is 0 Å². The van der Waals surface area contributed by atoms with Crippen LogP contribution in [0.5, 0.6) is 0 Å². The van der Waals surface area contributed by atoms with Crippen LogP contribution in [0, 0.1) is 6.92 Å². The van der Waals surface area contributed by atoms with Crippen molar-refractivity contribution in [3.8, 4) is 66.9 Å². The third kappa shape index (κ3) is 4.29. The molecule has 228 valence electrons. The largest absolute Gasteiger partial charge is 0.252 e. The van der Waals surface area contributed by atoms with Crippen LogP contribution in [0.4, 0.5) is 0 Å². The van der Waals surface area contributed by atoms with Gasteiger partial charge in [-0.1, -0.05) is 146 Å². The van der Waals surface area contributed by atoms with Crippen molar-refractivity contribution < 1.29 is 0 Å².